The number of imide groups is 1. The number of carbonyl (C=O) groups is 2. The number of amides is 2. The van der Waals surface area contributed by atoms with Gasteiger partial charge in [0.05, 0.1) is 25.4 Å². The molecular formula is C29H30N2O5. The number of aliphatic hydroxyl groups is 1. The summed E-state index contributed by atoms with van der Waals surface area (Å²) in [6.07, 6.45) is 0.328. The fourth-order valence-corrected chi connectivity index (χ4v) is 4.13. The molecule has 2 N–H and O–H groups in total. The lowest BCUT2D eigenvalue weighted by molar-refractivity contribution is -0.128. The number of carbonyl (C=O) groups excluding carboxylic acids is 2. The number of benzene rings is 3. The summed E-state index contributed by atoms with van der Waals surface area (Å²) in [4.78, 5) is 25.7. The number of methoxy groups -OCH3 is 2. The summed E-state index contributed by atoms with van der Waals surface area (Å²) in [5.74, 6) is -0.326. The standard InChI is InChI=1S/C29H30N2O5/c1-29(2,3)20-11-13-24(35-4)21(17-20)26(32)28(34)30-27(33)19-10-12-22-18(16-19)14-15-31(22)23-8-6-7-9-25(23)36-5/h6-17,26,32H,1-5H3,(H,30,33,34). The molecule has 1 aromatic heterocycles. The van der Waals surface area contributed by atoms with Crippen LogP contribution in [-0.2, 0) is 10.2 Å². The molecule has 0 radical (unpaired) electrons. The van der Waals surface area contributed by atoms with Crippen LogP contribution in [0, 0.1) is 0 Å². The van der Waals surface area contributed by atoms with Crippen molar-refractivity contribution in [3.63, 3.8) is 0 Å². The Balaban J connectivity index is 1.57. The van der Waals surface area contributed by atoms with Gasteiger partial charge >= 0.3 is 0 Å². The highest BCUT2D eigenvalue weighted by molar-refractivity contribution is 6.07. The number of aliphatic hydroxyl groups excluding tert-OH is 1. The molecule has 0 spiro atoms. The van der Waals surface area contributed by atoms with Gasteiger partial charge in [0.1, 0.15) is 11.5 Å². The average Bonchev–Trinajstić information content (AvgIpc) is 3.30. The SMILES string of the molecule is COc1ccc(C(C)(C)C)cc1C(O)C(=O)NC(=O)c1ccc2c(ccn2-c2ccccc2OC)c1. The van der Waals surface area contributed by atoms with Gasteiger partial charge in [-0.05, 0) is 59.5 Å². The minimum atomic E-state index is -1.57. The van der Waals surface area contributed by atoms with Crippen LogP contribution in [0.2, 0.25) is 0 Å². The molecule has 0 saturated heterocycles. The first-order valence-electron chi connectivity index (χ1n) is 11.6. The highest BCUT2D eigenvalue weighted by Crippen LogP contribution is 2.32. The Labute approximate surface area is 210 Å². The van der Waals surface area contributed by atoms with Crippen LogP contribution in [0.5, 0.6) is 11.5 Å². The number of hydrogen-bond acceptors (Lipinski definition) is 5. The van der Waals surface area contributed by atoms with Crippen molar-refractivity contribution in [1.82, 2.24) is 9.88 Å². The van der Waals surface area contributed by atoms with Gasteiger partial charge in [0, 0.05) is 22.7 Å². The van der Waals surface area contributed by atoms with Gasteiger partial charge in [0.2, 0.25) is 0 Å². The molecule has 1 heterocycles. The van der Waals surface area contributed by atoms with Crippen molar-refractivity contribution in [2.24, 2.45) is 0 Å². The maximum Gasteiger partial charge on any atom is 0.260 e. The third-order valence-corrected chi connectivity index (χ3v) is 6.17. The van der Waals surface area contributed by atoms with Crippen LogP contribution >= 0.6 is 0 Å². The first-order chi connectivity index (χ1) is 17.1. The summed E-state index contributed by atoms with van der Waals surface area (Å²) in [6.45, 7) is 6.10. The quantitative estimate of drug-likeness (QED) is 0.403. The predicted octanol–water partition coefficient (Wildman–Crippen LogP) is 4.94. The molecule has 0 fully saturated rings. The van der Waals surface area contributed by atoms with Crippen molar-refractivity contribution in [1.29, 1.82) is 0 Å². The number of nitrogens with zero attached hydrogens (tertiary/aromatic N) is 1. The van der Waals surface area contributed by atoms with Crippen molar-refractivity contribution in [2.75, 3.05) is 14.2 Å². The Morgan fingerprint density at radius 2 is 1.64 bits per heavy atom. The molecular weight excluding hydrogens is 456 g/mol. The Morgan fingerprint density at radius 3 is 2.33 bits per heavy atom. The minimum Gasteiger partial charge on any atom is -0.496 e. The molecule has 0 bridgehead atoms. The average molecular weight is 487 g/mol. The third-order valence-electron chi connectivity index (χ3n) is 6.17. The molecule has 3 aromatic carbocycles. The Kier molecular flexibility index (Phi) is 6.86. The van der Waals surface area contributed by atoms with Gasteiger partial charge in [-0.1, -0.05) is 39.0 Å². The minimum absolute atomic E-state index is 0.192. The first kappa shape index (κ1) is 25.0. The first-order valence-corrected chi connectivity index (χ1v) is 11.6. The molecule has 1 unspecified atom stereocenters. The van der Waals surface area contributed by atoms with Crippen LogP contribution in [0.15, 0.2) is 72.9 Å². The van der Waals surface area contributed by atoms with Crippen molar-refractivity contribution in [2.45, 2.75) is 32.3 Å². The van der Waals surface area contributed by atoms with Gasteiger partial charge in [-0.15, -0.1) is 0 Å². The van der Waals surface area contributed by atoms with Gasteiger partial charge in [-0.25, -0.2) is 0 Å². The van der Waals surface area contributed by atoms with Gasteiger partial charge in [0.15, 0.2) is 6.10 Å². The maximum absolute atomic E-state index is 12.9. The van der Waals surface area contributed by atoms with E-state index < -0.39 is 17.9 Å². The number of rotatable bonds is 6. The van der Waals surface area contributed by atoms with Gasteiger partial charge in [0.25, 0.3) is 11.8 Å². The maximum atomic E-state index is 12.9. The molecule has 0 aliphatic rings. The molecule has 186 valence electrons. The van der Waals surface area contributed by atoms with E-state index in [1.807, 2.05) is 74.0 Å². The van der Waals surface area contributed by atoms with Crippen LogP contribution in [0.25, 0.3) is 16.6 Å². The number of para-hydroxylation sites is 2. The molecule has 0 aliphatic carbocycles. The van der Waals surface area contributed by atoms with Crippen LogP contribution in [0.3, 0.4) is 0 Å². The van der Waals surface area contributed by atoms with Crippen LogP contribution in [-0.4, -0.2) is 35.7 Å². The Bertz CT molecular complexity index is 1430. The number of nitrogens with one attached hydrogen (secondary N) is 1. The molecule has 7 heteroatoms. The highest BCUT2D eigenvalue weighted by Gasteiger charge is 2.26. The Hall–Kier alpha value is -4.10. The molecule has 0 saturated carbocycles. The summed E-state index contributed by atoms with van der Waals surface area (Å²) in [6, 6.07) is 20.0. The van der Waals surface area contributed by atoms with Gasteiger partial charge < -0.3 is 19.1 Å². The second-order valence-electron chi connectivity index (χ2n) is 9.56. The zero-order valence-electron chi connectivity index (χ0n) is 21.0. The van der Waals surface area contributed by atoms with Crippen molar-refractivity contribution in [3.8, 4) is 17.2 Å². The summed E-state index contributed by atoms with van der Waals surface area (Å²) >= 11 is 0. The second-order valence-corrected chi connectivity index (χ2v) is 9.56. The number of aromatic nitrogens is 1. The van der Waals surface area contributed by atoms with Crippen LogP contribution < -0.4 is 14.8 Å². The zero-order chi connectivity index (χ0) is 26.0. The summed E-state index contributed by atoms with van der Waals surface area (Å²) in [5.41, 5.74) is 3.10. The molecule has 2 amide bonds. The van der Waals surface area contributed by atoms with Crippen molar-refractivity contribution >= 4 is 22.7 Å². The number of hydrogen-bond donors (Lipinski definition) is 2. The van der Waals surface area contributed by atoms with E-state index in [4.69, 9.17) is 9.47 Å². The van der Waals surface area contributed by atoms with E-state index in [1.54, 1.807) is 31.4 Å². The summed E-state index contributed by atoms with van der Waals surface area (Å²) in [7, 11) is 3.09. The van der Waals surface area contributed by atoms with Crippen molar-refractivity contribution in [3.05, 3.63) is 89.6 Å². The van der Waals surface area contributed by atoms with E-state index in [2.05, 4.69) is 5.32 Å². The third kappa shape index (κ3) is 4.83. The van der Waals surface area contributed by atoms with E-state index in [1.165, 1.54) is 7.11 Å². The Morgan fingerprint density at radius 1 is 0.917 bits per heavy atom. The van der Waals surface area contributed by atoms with E-state index in [0.717, 1.165) is 27.9 Å². The fourth-order valence-electron chi connectivity index (χ4n) is 4.13. The van der Waals surface area contributed by atoms with Crippen molar-refractivity contribution < 1.29 is 24.2 Å². The summed E-state index contributed by atoms with van der Waals surface area (Å²) in [5, 5.41) is 13.9. The lowest BCUT2D eigenvalue weighted by Gasteiger charge is -2.22. The van der Waals surface area contributed by atoms with Crippen LogP contribution in [0.1, 0.15) is 48.4 Å². The number of ether oxygens (including phenoxy) is 2. The fraction of sp³-hybridized carbons (Fsp3) is 0.241. The lowest BCUT2D eigenvalue weighted by atomic mass is 9.85. The molecule has 0 aliphatic heterocycles. The van der Waals surface area contributed by atoms with E-state index in [0.29, 0.717) is 16.9 Å². The number of fused-ring (bicyclic) bond motifs is 1. The molecule has 36 heavy (non-hydrogen) atoms. The van der Waals surface area contributed by atoms with Gasteiger partial charge in [-0.3, -0.25) is 14.9 Å². The van der Waals surface area contributed by atoms with E-state index in [9.17, 15) is 14.7 Å². The molecule has 1 atom stereocenters. The van der Waals surface area contributed by atoms with Crippen LogP contribution in [0.4, 0.5) is 0 Å². The molecule has 4 rings (SSSR count). The zero-order valence-corrected chi connectivity index (χ0v) is 21.0. The smallest absolute Gasteiger partial charge is 0.260 e. The van der Waals surface area contributed by atoms with E-state index >= 15 is 0 Å². The van der Waals surface area contributed by atoms with E-state index in [-0.39, 0.29) is 5.41 Å². The molecule has 4 aromatic rings. The summed E-state index contributed by atoms with van der Waals surface area (Å²) < 4.78 is 12.8. The topological polar surface area (TPSA) is 89.8 Å². The highest BCUT2D eigenvalue weighted by atomic mass is 16.5. The largest absolute Gasteiger partial charge is 0.496 e. The van der Waals surface area contributed by atoms with Gasteiger partial charge in [-0.2, -0.15) is 0 Å². The predicted molar refractivity (Wildman–Crippen MR) is 139 cm³/mol. The lowest BCUT2D eigenvalue weighted by Crippen LogP contribution is -2.35. The monoisotopic (exact) mass is 486 g/mol. The second kappa shape index (κ2) is 9.87. The molecule has 7 nitrogen and oxygen atoms in total. The normalized spacial score (nSPS) is 12.3.